The number of nitrogens with one attached hydrogen (secondary N) is 1. The van der Waals surface area contributed by atoms with Gasteiger partial charge in [0.05, 0.1) is 5.56 Å². The Labute approximate surface area is 107 Å². The lowest BCUT2D eigenvalue weighted by molar-refractivity contribution is 0.618. The van der Waals surface area contributed by atoms with Gasteiger partial charge in [-0.3, -0.25) is 0 Å². The smallest absolute Gasteiger partial charge is 0.142 e. The third-order valence-corrected chi connectivity index (χ3v) is 3.22. The van der Waals surface area contributed by atoms with Crippen LogP contribution in [0.5, 0.6) is 0 Å². The monoisotopic (exact) mass is 247 g/mol. The second-order valence-electron chi connectivity index (χ2n) is 4.29. The molecule has 2 aromatic rings. The first kappa shape index (κ1) is 12.8. The lowest BCUT2D eigenvalue weighted by Gasteiger charge is -2.13. The lowest BCUT2D eigenvalue weighted by Crippen LogP contribution is -2.12. The largest absolute Gasteiger partial charge is 0.331 e. The van der Waals surface area contributed by atoms with Crippen molar-refractivity contribution < 1.29 is 4.39 Å². The minimum Gasteiger partial charge on any atom is -0.331 e. The van der Waals surface area contributed by atoms with Crippen LogP contribution in [0.2, 0.25) is 0 Å². The van der Waals surface area contributed by atoms with Crippen molar-refractivity contribution in [2.24, 2.45) is 0 Å². The fourth-order valence-electron chi connectivity index (χ4n) is 1.96. The van der Waals surface area contributed by atoms with Crippen molar-refractivity contribution >= 4 is 0 Å². The molecular formula is C14H18FN3. The van der Waals surface area contributed by atoms with Crippen molar-refractivity contribution in [3.8, 4) is 11.4 Å². The first-order valence-electron chi connectivity index (χ1n) is 6.15. The van der Waals surface area contributed by atoms with Crippen molar-refractivity contribution in [1.29, 1.82) is 0 Å². The van der Waals surface area contributed by atoms with Crippen LogP contribution < -0.4 is 5.32 Å². The van der Waals surface area contributed by atoms with E-state index in [0.717, 1.165) is 12.1 Å². The maximum atomic E-state index is 13.9. The number of halogens is 1. The number of aryl methyl sites for hydroxylation is 1. The van der Waals surface area contributed by atoms with Gasteiger partial charge in [-0.05, 0) is 38.6 Å². The number of benzene rings is 1. The molecule has 0 aliphatic heterocycles. The molecule has 3 nitrogen and oxygen atoms in total. The van der Waals surface area contributed by atoms with E-state index < -0.39 is 0 Å². The average molecular weight is 247 g/mol. The van der Waals surface area contributed by atoms with Crippen molar-refractivity contribution in [3.05, 3.63) is 42.0 Å². The van der Waals surface area contributed by atoms with Gasteiger partial charge < -0.3 is 9.88 Å². The predicted octanol–water partition coefficient (Wildman–Crippen LogP) is 2.99. The summed E-state index contributed by atoms with van der Waals surface area (Å²) in [5.74, 6) is 0.447. The second-order valence-corrected chi connectivity index (χ2v) is 4.29. The zero-order valence-electron chi connectivity index (χ0n) is 10.9. The van der Waals surface area contributed by atoms with Crippen LogP contribution in [0.3, 0.4) is 0 Å². The van der Waals surface area contributed by atoms with Crippen molar-refractivity contribution in [1.82, 2.24) is 14.9 Å². The summed E-state index contributed by atoms with van der Waals surface area (Å²) in [6.07, 6.45) is 3.56. The zero-order chi connectivity index (χ0) is 13.1. The summed E-state index contributed by atoms with van der Waals surface area (Å²) in [7, 11) is 1.89. The fraction of sp³-hybridized carbons (Fsp3) is 0.357. The van der Waals surface area contributed by atoms with Crippen molar-refractivity contribution in [2.45, 2.75) is 26.4 Å². The normalized spacial score (nSPS) is 12.7. The Balaban J connectivity index is 2.50. The van der Waals surface area contributed by atoms with E-state index in [4.69, 9.17) is 0 Å². The molecule has 0 bridgehead atoms. The molecule has 1 aromatic heterocycles. The lowest BCUT2D eigenvalue weighted by atomic mass is 10.0. The molecule has 0 saturated carbocycles. The first-order chi connectivity index (χ1) is 8.67. The molecule has 0 radical (unpaired) electrons. The van der Waals surface area contributed by atoms with Crippen LogP contribution in [0.15, 0.2) is 30.6 Å². The van der Waals surface area contributed by atoms with Crippen LogP contribution in [0, 0.1) is 5.82 Å². The van der Waals surface area contributed by atoms with E-state index in [1.54, 1.807) is 12.3 Å². The topological polar surface area (TPSA) is 29.9 Å². The number of nitrogens with zero attached hydrogens (tertiary/aromatic N) is 2. The molecule has 0 saturated heterocycles. The third kappa shape index (κ3) is 2.29. The molecule has 1 unspecified atom stereocenters. The van der Waals surface area contributed by atoms with Crippen LogP contribution >= 0.6 is 0 Å². The number of hydrogen-bond acceptors (Lipinski definition) is 2. The molecule has 18 heavy (non-hydrogen) atoms. The van der Waals surface area contributed by atoms with Gasteiger partial charge in [0.2, 0.25) is 0 Å². The molecule has 1 N–H and O–H groups in total. The Morgan fingerprint density at radius 2 is 2.22 bits per heavy atom. The van der Waals surface area contributed by atoms with Crippen LogP contribution in [0.4, 0.5) is 4.39 Å². The maximum Gasteiger partial charge on any atom is 0.142 e. The van der Waals surface area contributed by atoms with Gasteiger partial charge in [0, 0.05) is 25.0 Å². The third-order valence-electron chi connectivity index (χ3n) is 3.22. The van der Waals surface area contributed by atoms with Gasteiger partial charge >= 0.3 is 0 Å². The van der Waals surface area contributed by atoms with Crippen LogP contribution in [-0.4, -0.2) is 16.6 Å². The molecular weight excluding hydrogens is 229 g/mol. The number of aromatic nitrogens is 2. The zero-order valence-corrected chi connectivity index (χ0v) is 10.9. The van der Waals surface area contributed by atoms with E-state index in [1.807, 2.05) is 37.7 Å². The summed E-state index contributed by atoms with van der Waals surface area (Å²) in [5, 5.41) is 3.15. The standard InChI is InChI=1S/C14H18FN3/c1-4-18-8-7-17-14(18)12-9-11(10(2)16-3)5-6-13(12)15/h5-10,16H,4H2,1-3H3. The van der Waals surface area contributed by atoms with E-state index in [2.05, 4.69) is 10.3 Å². The summed E-state index contributed by atoms with van der Waals surface area (Å²) in [4.78, 5) is 4.25. The summed E-state index contributed by atoms with van der Waals surface area (Å²) in [6, 6.07) is 5.37. The first-order valence-corrected chi connectivity index (χ1v) is 6.15. The molecule has 2 rings (SSSR count). The predicted molar refractivity (Wildman–Crippen MR) is 70.8 cm³/mol. The molecule has 0 spiro atoms. The minimum absolute atomic E-state index is 0.189. The molecule has 1 atom stereocenters. The minimum atomic E-state index is -0.233. The van der Waals surface area contributed by atoms with Crippen molar-refractivity contribution in [3.63, 3.8) is 0 Å². The number of imidazole rings is 1. The van der Waals surface area contributed by atoms with Gasteiger partial charge in [-0.15, -0.1) is 0 Å². The molecule has 0 amide bonds. The Morgan fingerprint density at radius 3 is 2.89 bits per heavy atom. The van der Waals surface area contributed by atoms with Crippen LogP contribution in [0.25, 0.3) is 11.4 Å². The Bertz CT molecular complexity index is 534. The second kappa shape index (κ2) is 5.31. The molecule has 0 aliphatic carbocycles. The highest BCUT2D eigenvalue weighted by Gasteiger charge is 2.13. The van der Waals surface area contributed by atoms with E-state index in [-0.39, 0.29) is 11.9 Å². The quantitative estimate of drug-likeness (QED) is 0.900. The fourth-order valence-corrected chi connectivity index (χ4v) is 1.96. The van der Waals surface area contributed by atoms with Gasteiger partial charge in [-0.2, -0.15) is 0 Å². The molecule has 1 aromatic carbocycles. The molecule has 0 aliphatic rings. The molecule has 1 heterocycles. The van der Waals surface area contributed by atoms with Gasteiger partial charge in [0.15, 0.2) is 0 Å². The van der Waals surface area contributed by atoms with Gasteiger partial charge in [-0.1, -0.05) is 6.07 Å². The van der Waals surface area contributed by atoms with Gasteiger partial charge in [0.25, 0.3) is 0 Å². The highest BCUT2D eigenvalue weighted by atomic mass is 19.1. The highest BCUT2D eigenvalue weighted by molar-refractivity contribution is 5.58. The number of rotatable bonds is 4. The van der Waals surface area contributed by atoms with Crippen molar-refractivity contribution in [2.75, 3.05) is 7.05 Å². The van der Waals surface area contributed by atoms with Gasteiger partial charge in [-0.25, -0.2) is 9.37 Å². The van der Waals surface area contributed by atoms with Gasteiger partial charge in [0.1, 0.15) is 11.6 Å². The maximum absolute atomic E-state index is 13.9. The summed E-state index contributed by atoms with van der Waals surface area (Å²) in [6.45, 7) is 4.84. The number of hydrogen-bond donors (Lipinski definition) is 1. The SMILES string of the molecule is CCn1ccnc1-c1cc(C(C)NC)ccc1F. The van der Waals surface area contributed by atoms with Crippen LogP contribution in [0.1, 0.15) is 25.5 Å². The Kier molecular flexibility index (Phi) is 3.77. The van der Waals surface area contributed by atoms with E-state index in [0.29, 0.717) is 11.4 Å². The van der Waals surface area contributed by atoms with Crippen LogP contribution in [-0.2, 0) is 6.54 Å². The summed E-state index contributed by atoms with van der Waals surface area (Å²) >= 11 is 0. The summed E-state index contributed by atoms with van der Waals surface area (Å²) in [5.41, 5.74) is 1.61. The molecule has 96 valence electrons. The molecule has 0 fully saturated rings. The Morgan fingerprint density at radius 1 is 1.44 bits per heavy atom. The van der Waals surface area contributed by atoms with E-state index in [9.17, 15) is 4.39 Å². The highest BCUT2D eigenvalue weighted by Crippen LogP contribution is 2.25. The summed E-state index contributed by atoms with van der Waals surface area (Å²) < 4.78 is 15.9. The van der Waals surface area contributed by atoms with E-state index in [1.165, 1.54) is 6.07 Å². The molecule has 4 heteroatoms. The Hall–Kier alpha value is -1.68. The van der Waals surface area contributed by atoms with E-state index >= 15 is 0 Å². The average Bonchev–Trinajstić information content (AvgIpc) is 2.86.